The van der Waals surface area contributed by atoms with Crippen molar-refractivity contribution >= 4 is 151 Å². The van der Waals surface area contributed by atoms with Crippen LogP contribution in [0.4, 0.5) is 0 Å². The molecule has 21 aromatic rings. The summed E-state index contributed by atoms with van der Waals surface area (Å²) in [6.45, 7) is 0. The van der Waals surface area contributed by atoms with Gasteiger partial charge in [-0.25, -0.2) is 0 Å². The van der Waals surface area contributed by atoms with E-state index >= 15 is 0 Å². The van der Waals surface area contributed by atoms with Crippen molar-refractivity contribution in [3.63, 3.8) is 0 Å². The van der Waals surface area contributed by atoms with E-state index in [4.69, 9.17) is 19.8 Å². The molecule has 0 N–H and O–H groups in total. The fraction of sp³-hybridized carbons (Fsp3) is 0. The summed E-state index contributed by atoms with van der Waals surface area (Å²) in [5.74, 6) is 0. The molecule has 3 aromatic heterocycles. The second kappa shape index (κ2) is 22.1. The number of fused-ring (bicyclic) bond motifs is 16. The lowest BCUT2D eigenvalue weighted by Crippen LogP contribution is -1.92. The SMILES string of the molecule is [2H]c1c([2H])c([2H])c2c(-c3ccc(-c4ccc5ccccc5c4)c4oc5ccccc5c34)c3c([2H])c([2H])c([2H])c([2H])c3c(-c3ccc4ccccc4c3)c2c1[2H].[2H]c1c([2H])c([2H])c2c(-c3ccc(-c4cccc5c4sc4ccccc45)c4oc5ccccc5c34)c3c([2H])c([2H])c([2H])c([2H])c3c(-c3ccc4ccccc4c3)c2c1[2H]. The van der Waals surface area contributed by atoms with Crippen LogP contribution in [0.5, 0.6) is 0 Å². The van der Waals surface area contributed by atoms with E-state index in [0.717, 1.165) is 85.5 Å². The zero-order valence-corrected chi connectivity index (χ0v) is 52.1. The highest BCUT2D eigenvalue weighted by Crippen LogP contribution is 2.53. The molecule has 0 fully saturated rings. The Bertz CT molecular complexity index is 7690. The molecule has 0 amide bonds. The Hall–Kier alpha value is -12.4. The van der Waals surface area contributed by atoms with Gasteiger partial charge in [0.05, 0.1) is 21.9 Å². The van der Waals surface area contributed by atoms with Crippen LogP contribution < -0.4 is 0 Å². The van der Waals surface area contributed by atoms with Crippen molar-refractivity contribution in [2.45, 2.75) is 0 Å². The minimum Gasteiger partial charge on any atom is -0.455 e. The van der Waals surface area contributed by atoms with Gasteiger partial charge < -0.3 is 8.83 Å². The predicted octanol–water partition coefficient (Wildman–Crippen LogP) is 27.6. The van der Waals surface area contributed by atoms with Crippen molar-refractivity contribution in [1.82, 2.24) is 0 Å². The summed E-state index contributed by atoms with van der Waals surface area (Å²) in [5.41, 5.74) is 9.27. The molecule has 3 heteroatoms. The van der Waals surface area contributed by atoms with E-state index in [9.17, 15) is 11.0 Å². The van der Waals surface area contributed by atoms with E-state index in [0.29, 0.717) is 66.5 Å². The normalized spacial score (nSPS) is 14.2. The molecule has 0 saturated heterocycles. The smallest absolute Gasteiger partial charge is 0.143 e. The Balaban J connectivity index is 0.000000147. The minimum absolute atomic E-state index is 0.164. The average Bonchev–Trinajstić information content (AvgIpc) is 1.67. The molecule has 21 rings (SSSR count). The highest BCUT2D eigenvalue weighted by Gasteiger charge is 2.26. The molecule has 97 heavy (non-hydrogen) atoms. The molecule has 0 atom stereocenters. The first-order valence-corrected chi connectivity index (χ1v) is 32.8. The fourth-order valence-electron chi connectivity index (χ4n) is 14.9. The Morgan fingerprint density at radius 1 is 0.237 bits per heavy atom. The van der Waals surface area contributed by atoms with Crippen molar-refractivity contribution < 1.29 is 30.8 Å². The summed E-state index contributed by atoms with van der Waals surface area (Å²) < 4.78 is 163. The van der Waals surface area contributed by atoms with Crippen molar-refractivity contribution in [1.29, 1.82) is 0 Å². The van der Waals surface area contributed by atoms with Gasteiger partial charge in [-0.1, -0.05) is 291 Å². The topological polar surface area (TPSA) is 26.3 Å². The van der Waals surface area contributed by atoms with Crippen LogP contribution in [0.1, 0.15) is 21.9 Å². The van der Waals surface area contributed by atoms with Gasteiger partial charge in [0, 0.05) is 58.4 Å². The highest BCUT2D eigenvalue weighted by molar-refractivity contribution is 7.26. The molecule has 0 spiro atoms. The average molecular weight is 1270 g/mol. The van der Waals surface area contributed by atoms with Gasteiger partial charge >= 0.3 is 0 Å². The first kappa shape index (κ1) is 41.3. The van der Waals surface area contributed by atoms with Gasteiger partial charge in [0.2, 0.25) is 0 Å². The molecule has 0 saturated carbocycles. The Kier molecular flexibility index (Phi) is 9.42. The van der Waals surface area contributed by atoms with E-state index in [2.05, 4.69) is 48.5 Å². The lowest BCUT2D eigenvalue weighted by Gasteiger charge is -2.19. The predicted molar refractivity (Wildman–Crippen MR) is 415 cm³/mol. The van der Waals surface area contributed by atoms with E-state index in [1.807, 2.05) is 194 Å². The van der Waals surface area contributed by atoms with Crippen molar-refractivity contribution in [2.24, 2.45) is 0 Å². The van der Waals surface area contributed by atoms with Crippen LogP contribution in [0.15, 0.2) is 348 Å². The lowest BCUT2D eigenvalue weighted by molar-refractivity contribution is 0.669. The van der Waals surface area contributed by atoms with Crippen LogP contribution >= 0.6 is 11.3 Å². The molecular formula is C94H56O2S. The first-order chi connectivity index (χ1) is 54.8. The number of benzene rings is 18. The molecule has 0 aliphatic heterocycles. The Morgan fingerprint density at radius 2 is 0.588 bits per heavy atom. The second-order valence-electron chi connectivity index (χ2n) is 24.4. The first-order valence-electron chi connectivity index (χ1n) is 40.0. The van der Waals surface area contributed by atoms with Crippen LogP contribution in [0, 0.1) is 0 Å². The fourth-order valence-corrected chi connectivity index (χ4v) is 16.1. The molecule has 0 bridgehead atoms. The van der Waals surface area contributed by atoms with E-state index in [1.165, 1.54) is 0 Å². The van der Waals surface area contributed by atoms with Gasteiger partial charge in [-0.05, 0) is 174 Å². The maximum Gasteiger partial charge on any atom is 0.143 e. The number of thiophene rings is 1. The Morgan fingerprint density at radius 3 is 1.06 bits per heavy atom. The van der Waals surface area contributed by atoms with Gasteiger partial charge in [-0.2, -0.15) is 0 Å². The number of rotatable bonds is 6. The van der Waals surface area contributed by atoms with Crippen molar-refractivity contribution in [3.05, 3.63) is 339 Å². The van der Waals surface area contributed by atoms with Crippen LogP contribution in [0.3, 0.4) is 0 Å². The lowest BCUT2D eigenvalue weighted by atomic mass is 9.84. The Labute approximate surface area is 584 Å². The minimum atomic E-state index is -0.440. The van der Waals surface area contributed by atoms with Crippen LogP contribution in [0.25, 0.3) is 206 Å². The zero-order valence-electron chi connectivity index (χ0n) is 67.3. The van der Waals surface area contributed by atoms with Crippen LogP contribution in [0.2, 0.25) is 0 Å². The summed E-state index contributed by atoms with van der Waals surface area (Å²) >= 11 is 1.71. The molecule has 450 valence electrons. The van der Waals surface area contributed by atoms with Gasteiger partial charge in [0.1, 0.15) is 22.3 Å². The number of hydrogen-bond acceptors (Lipinski definition) is 3. The third-order valence-corrected chi connectivity index (χ3v) is 20.4. The maximum absolute atomic E-state index is 9.55. The molecule has 0 aliphatic rings. The van der Waals surface area contributed by atoms with E-state index in [1.54, 1.807) is 11.3 Å². The number of para-hydroxylation sites is 2. The third-order valence-electron chi connectivity index (χ3n) is 19.2. The van der Waals surface area contributed by atoms with Gasteiger partial charge in [-0.15, -0.1) is 11.3 Å². The number of hydrogen-bond donors (Lipinski definition) is 0. The molecule has 3 heterocycles. The van der Waals surface area contributed by atoms with E-state index < -0.39 is 48.3 Å². The molecule has 18 aromatic carbocycles. The summed E-state index contributed by atoms with van der Waals surface area (Å²) in [6, 6.07) is 72.8. The van der Waals surface area contributed by atoms with Crippen LogP contribution in [-0.4, -0.2) is 0 Å². The summed E-state index contributed by atoms with van der Waals surface area (Å²) in [5, 5.41) is 12.3. The van der Waals surface area contributed by atoms with Gasteiger partial charge in [0.15, 0.2) is 0 Å². The molecule has 0 radical (unpaired) electrons. The highest BCUT2D eigenvalue weighted by atomic mass is 32.1. The van der Waals surface area contributed by atoms with Crippen molar-refractivity contribution in [2.75, 3.05) is 0 Å². The second-order valence-corrected chi connectivity index (χ2v) is 25.4. The zero-order chi connectivity index (χ0) is 77.6. The number of furan rings is 2. The quantitative estimate of drug-likeness (QED) is 0.155. The van der Waals surface area contributed by atoms with E-state index in [-0.39, 0.29) is 103 Å². The molecule has 2 nitrogen and oxygen atoms in total. The van der Waals surface area contributed by atoms with Gasteiger partial charge in [0.25, 0.3) is 0 Å². The summed E-state index contributed by atoms with van der Waals surface area (Å²) in [4.78, 5) is 0. The van der Waals surface area contributed by atoms with Crippen LogP contribution in [-0.2, 0) is 0 Å². The van der Waals surface area contributed by atoms with Gasteiger partial charge in [-0.3, -0.25) is 0 Å². The third kappa shape index (κ3) is 8.72. The maximum atomic E-state index is 9.55. The summed E-state index contributed by atoms with van der Waals surface area (Å²) in [7, 11) is 0. The molecule has 0 aliphatic carbocycles. The molecule has 0 unspecified atom stereocenters. The monoisotopic (exact) mass is 1260 g/mol. The summed E-state index contributed by atoms with van der Waals surface area (Å²) in [6.07, 6.45) is 0. The molecular weight excluding hydrogens is 1190 g/mol. The standard InChI is InChI=1S/C48H28OS.C46H28O/c1-2-13-30-28-31(25-24-29(30)12-1)44-33-15-3-5-17-35(33)45(36-18-6-4-16-34(36)44)41-27-26-37(47-46(41)40-19-7-9-22-42(40)49-47)39-21-11-20-38-32-14-8-10-23-43(32)50-48(38)39;1-3-13-31-27-33(23-21-29(31)11-1)35-25-26-41(45-40-19-9-10-20-42(40)47-46(35)45)44-38-17-7-5-15-36(38)43(37-16-6-8-18-39(37)44)34-24-22-30-12-2-4-14-32(30)28-34/h1-28H;1-28H/i3D,4D,5D,6D,15D,16D,17D,18D;5D,6D,7D,8D,15D,16D,17D,18D. The largest absolute Gasteiger partial charge is 0.455 e. The van der Waals surface area contributed by atoms with Crippen molar-refractivity contribution in [3.8, 4) is 66.8 Å².